The van der Waals surface area contributed by atoms with Crippen LogP contribution in [0.15, 0.2) is 49.1 Å². The van der Waals surface area contributed by atoms with E-state index in [1.807, 2.05) is 0 Å². The molecule has 122 valence electrons. The van der Waals surface area contributed by atoms with Gasteiger partial charge in [-0.3, -0.25) is 0 Å². The van der Waals surface area contributed by atoms with Crippen molar-refractivity contribution in [1.82, 2.24) is 9.13 Å². The van der Waals surface area contributed by atoms with Gasteiger partial charge in [-0.05, 0) is 37.1 Å². The van der Waals surface area contributed by atoms with Crippen molar-refractivity contribution in [1.29, 1.82) is 0 Å². The summed E-state index contributed by atoms with van der Waals surface area (Å²) >= 11 is 0. The molecule has 0 amide bonds. The Hall–Kier alpha value is -1.44. The van der Waals surface area contributed by atoms with Crippen molar-refractivity contribution in [3.05, 3.63) is 49.1 Å². The molecule has 2 heterocycles. The molecule has 0 fully saturated rings. The van der Waals surface area contributed by atoms with Gasteiger partial charge in [-0.25, -0.2) is 0 Å². The summed E-state index contributed by atoms with van der Waals surface area (Å²) in [5.41, 5.74) is 0. The zero-order valence-corrected chi connectivity index (χ0v) is 14.2. The second-order valence-electron chi connectivity index (χ2n) is 6.36. The van der Waals surface area contributed by atoms with Gasteiger partial charge in [-0.2, -0.15) is 0 Å². The predicted octanol–water partition coefficient (Wildman–Crippen LogP) is 6.26. The lowest BCUT2D eigenvalue weighted by Crippen LogP contribution is -2.15. The van der Waals surface area contributed by atoms with E-state index in [4.69, 9.17) is 0 Å². The maximum atomic E-state index is 2.32. The van der Waals surface area contributed by atoms with Crippen molar-refractivity contribution in [3.63, 3.8) is 0 Å². The fourth-order valence-electron chi connectivity index (χ4n) is 3.18. The largest absolute Gasteiger partial charge is 0.333 e. The molecule has 2 heteroatoms. The Morgan fingerprint density at radius 1 is 0.591 bits per heavy atom. The molecule has 0 saturated carbocycles. The summed E-state index contributed by atoms with van der Waals surface area (Å²) in [7, 11) is 0. The van der Waals surface area contributed by atoms with Gasteiger partial charge < -0.3 is 9.13 Å². The number of unbranched alkanes of at least 4 members (excludes halogenated alkanes) is 8. The maximum absolute atomic E-state index is 2.32. The first-order chi connectivity index (χ1) is 10.9. The van der Waals surface area contributed by atoms with Crippen molar-refractivity contribution in [2.45, 2.75) is 77.3 Å². The van der Waals surface area contributed by atoms with Gasteiger partial charge in [-0.15, -0.1) is 0 Å². The Labute approximate surface area is 136 Å². The highest BCUT2D eigenvalue weighted by Crippen LogP contribution is 2.20. The molecule has 0 unspecified atom stereocenters. The minimum absolute atomic E-state index is 0.439. The van der Waals surface area contributed by atoms with Crippen LogP contribution >= 0.6 is 0 Å². The summed E-state index contributed by atoms with van der Waals surface area (Å²) in [5.74, 6) is 0. The van der Waals surface area contributed by atoms with E-state index in [1.54, 1.807) is 0 Å². The zero-order valence-electron chi connectivity index (χ0n) is 14.2. The van der Waals surface area contributed by atoms with Crippen LogP contribution in [0.25, 0.3) is 0 Å². The molecule has 0 radical (unpaired) electrons. The molecule has 0 saturated heterocycles. The second-order valence-corrected chi connectivity index (χ2v) is 6.36. The Bertz CT molecular complexity index is 422. The van der Waals surface area contributed by atoms with E-state index in [0.717, 1.165) is 0 Å². The highest BCUT2D eigenvalue weighted by molar-refractivity contribution is 4.98. The van der Waals surface area contributed by atoms with Gasteiger partial charge in [0.1, 0.15) is 6.17 Å². The van der Waals surface area contributed by atoms with E-state index in [2.05, 4.69) is 65.1 Å². The molecule has 2 nitrogen and oxygen atoms in total. The van der Waals surface area contributed by atoms with Gasteiger partial charge in [-0.1, -0.05) is 58.3 Å². The molecule has 0 N–H and O–H groups in total. The molecule has 0 aromatic carbocycles. The molecular weight excluding hydrogens is 268 g/mol. The van der Waals surface area contributed by atoms with Crippen LogP contribution in [0.3, 0.4) is 0 Å². The van der Waals surface area contributed by atoms with Gasteiger partial charge >= 0.3 is 0 Å². The smallest absolute Gasteiger partial charge is 0.109 e. The Kier molecular flexibility index (Phi) is 7.93. The van der Waals surface area contributed by atoms with Crippen LogP contribution in [-0.4, -0.2) is 9.13 Å². The molecule has 2 aromatic heterocycles. The second kappa shape index (κ2) is 10.3. The highest BCUT2D eigenvalue weighted by atomic mass is 15.2. The third-order valence-electron chi connectivity index (χ3n) is 4.51. The highest BCUT2D eigenvalue weighted by Gasteiger charge is 2.10. The molecule has 0 aliphatic rings. The topological polar surface area (TPSA) is 9.86 Å². The molecule has 2 rings (SSSR count). The number of rotatable bonds is 12. The summed E-state index contributed by atoms with van der Waals surface area (Å²) in [6.45, 7) is 2.28. The molecular formula is C20H32N2. The van der Waals surface area contributed by atoms with Gasteiger partial charge in [0.25, 0.3) is 0 Å². The van der Waals surface area contributed by atoms with Gasteiger partial charge in [0.15, 0.2) is 0 Å². The van der Waals surface area contributed by atoms with E-state index in [-0.39, 0.29) is 0 Å². The van der Waals surface area contributed by atoms with E-state index in [1.165, 1.54) is 64.2 Å². The number of hydrogen-bond acceptors (Lipinski definition) is 0. The van der Waals surface area contributed by atoms with E-state index in [0.29, 0.717) is 6.17 Å². The normalized spacial score (nSPS) is 11.4. The summed E-state index contributed by atoms with van der Waals surface area (Å²) < 4.78 is 4.65. The molecule has 22 heavy (non-hydrogen) atoms. The van der Waals surface area contributed by atoms with Crippen LogP contribution in [0, 0.1) is 0 Å². The van der Waals surface area contributed by atoms with Crippen molar-refractivity contribution >= 4 is 0 Å². The number of hydrogen-bond donors (Lipinski definition) is 0. The molecule has 0 atom stereocenters. The molecule has 0 spiro atoms. The summed E-state index contributed by atoms with van der Waals surface area (Å²) in [6, 6.07) is 8.47. The number of aromatic nitrogens is 2. The van der Waals surface area contributed by atoms with Crippen LogP contribution in [0.5, 0.6) is 0 Å². The van der Waals surface area contributed by atoms with Gasteiger partial charge in [0.2, 0.25) is 0 Å². The van der Waals surface area contributed by atoms with Crippen molar-refractivity contribution < 1.29 is 0 Å². The van der Waals surface area contributed by atoms with Crippen molar-refractivity contribution in [2.75, 3.05) is 0 Å². The van der Waals surface area contributed by atoms with E-state index in [9.17, 15) is 0 Å². The third-order valence-corrected chi connectivity index (χ3v) is 4.51. The lowest BCUT2D eigenvalue weighted by Gasteiger charge is -2.21. The predicted molar refractivity (Wildman–Crippen MR) is 95.1 cm³/mol. The van der Waals surface area contributed by atoms with Crippen LogP contribution in [0.4, 0.5) is 0 Å². The van der Waals surface area contributed by atoms with Gasteiger partial charge in [0, 0.05) is 24.8 Å². The van der Waals surface area contributed by atoms with E-state index >= 15 is 0 Å². The van der Waals surface area contributed by atoms with Gasteiger partial charge in [0.05, 0.1) is 0 Å². The first-order valence-electron chi connectivity index (χ1n) is 9.16. The third kappa shape index (κ3) is 5.75. The monoisotopic (exact) mass is 300 g/mol. The fourth-order valence-corrected chi connectivity index (χ4v) is 3.18. The van der Waals surface area contributed by atoms with Crippen molar-refractivity contribution in [2.24, 2.45) is 0 Å². The Balaban J connectivity index is 1.63. The molecule has 0 bridgehead atoms. The number of nitrogens with zero attached hydrogens (tertiary/aromatic N) is 2. The van der Waals surface area contributed by atoms with Crippen LogP contribution in [-0.2, 0) is 0 Å². The molecule has 0 aliphatic carbocycles. The Morgan fingerprint density at radius 3 is 1.45 bits per heavy atom. The average Bonchev–Trinajstić information content (AvgIpc) is 3.22. The van der Waals surface area contributed by atoms with Crippen LogP contribution in [0.2, 0.25) is 0 Å². The molecule has 2 aromatic rings. The molecule has 0 aliphatic heterocycles. The standard InChI is InChI=1S/C20H32N2/c1-2-3-4-5-6-7-8-9-10-15-20(21-16-11-12-17-21)22-18-13-14-19-22/h11-14,16-20H,2-10,15H2,1H3. The average molecular weight is 300 g/mol. The van der Waals surface area contributed by atoms with Crippen LogP contribution < -0.4 is 0 Å². The SMILES string of the molecule is CCCCCCCCCCCC(n1cccc1)n1cccc1. The summed E-state index contributed by atoms with van der Waals surface area (Å²) in [4.78, 5) is 0. The van der Waals surface area contributed by atoms with Crippen LogP contribution in [0.1, 0.15) is 77.3 Å². The fraction of sp³-hybridized carbons (Fsp3) is 0.600. The Morgan fingerprint density at radius 2 is 1.00 bits per heavy atom. The van der Waals surface area contributed by atoms with E-state index < -0.39 is 0 Å². The maximum Gasteiger partial charge on any atom is 0.109 e. The minimum Gasteiger partial charge on any atom is -0.333 e. The van der Waals surface area contributed by atoms with Crippen molar-refractivity contribution in [3.8, 4) is 0 Å². The lowest BCUT2D eigenvalue weighted by molar-refractivity contribution is 0.384. The summed E-state index contributed by atoms with van der Waals surface area (Å²) in [6.07, 6.45) is 22.9. The quantitative estimate of drug-likeness (QED) is 0.409. The minimum atomic E-state index is 0.439. The first-order valence-corrected chi connectivity index (χ1v) is 9.16. The lowest BCUT2D eigenvalue weighted by atomic mass is 10.1. The zero-order chi connectivity index (χ0) is 15.5. The first kappa shape index (κ1) is 16.9. The summed E-state index contributed by atoms with van der Waals surface area (Å²) in [5, 5.41) is 0.